The first-order valence-electron chi connectivity index (χ1n) is 11.3. The summed E-state index contributed by atoms with van der Waals surface area (Å²) in [4.78, 5) is 26.6. The van der Waals surface area contributed by atoms with Gasteiger partial charge >= 0.3 is 6.09 Å². The second-order valence-corrected chi connectivity index (χ2v) is 8.34. The van der Waals surface area contributed by atoms with E-state index >= 15 is 0 Å². The fourth-order valence-electron chi connectivity index (χ4n) is 4.24. The van der Waals surface area contributed by atoms with E-state index in [0.29, 0.717) is 12.1 Å². The molecule has 8 nitrogen and oxygen atoms in total. The minimum absolute atomic E-state index is 0.0137. The zero-order chi connectivity index (χ0) is 24.8. The number of nitrogens with zero attached hydrogens (tertiary/aromatic N) is 4. The quantitative estimate of drug-likeness (QED) is 0.165. The lowest BCUT2D eigenvalue weighted by Crippen LogP contribution is -2.28. The number of carbonyl (C=O) groups is 2. The predicted molar refractivity (Wildman–Crippen MR) is 134 cm³/mol. The largest absolute Gasteiger partial charge is 0.448 e. The Hall–Kier alpha value is -4.33. The molecular weight excluding hydrogens is 442 g/mol. The first-order valence-corrected chi connectivity index (χ1v) is 11.3. The summed E-state index contributed by atoms with van der Waals surface area (Å²) in [6, 6.07) is 23.5. The molecule has 0 radical (unpaired) electrons. The average molecular weight is 470 g/mol. The zero-order valence-electron chi connectivity index (χ0n) is 19.7. The molecule has 0 aliphatic heterocycles. The van der Waals surface area contributed by atoms with Gasteiger partial charge in [0.1, 0.15) is 12.4 Å². The van der Waals surface area contributed by atoms with E-state index in [-0.39, 0.29) is 30.6 Å². The summed E-state index contributed by atoms with van der Waals surface area (Å²) in [6.45, 7) is 0.622. The monoisotopic (exact) mass is 469 g/mol. The van der Waals surface area contributed by atoms with Crippen LogP contribution in [0, 0.1) is 0 Å². The maximum atomic E-state index is 12.7. The zero-order valence-corrected chi connectivity index (χ0v) is 19.7. The number of hydrogen-bond donors (Lipinski definition) is 1. The summed E-state index contributed by atoms with van der Waals surface area (Å²) in [5.41, 5.74) is 11.8. The Kier molecular flexibility index (Phi) is 7.30. The molecule has 3 aromatic rings. The molecule has 1 aliphatic carbocycles. The van der Waals surface area contributed by atoms with E-state index in [4.69, 9.17) is 10.5 Å². The Morgan fingerprint density at radius 1 is 0.943 bits per heavy atom. The van der Waals surface area contributed by atoms with Gasteiger partial charge in [-0.05, 0) is 33.0 Å². The molecule has 8 heteroatoms. The smallest absolute Gasteiger partial charge is 0.409 e. The summed E-state index contributed by atoms with van der Waals surface area (Å²) in [5, 5.41) is 10.5. The van der Waals surface area contributed by atoms with Gasteiger partial charge < -0.3 is 15.4 Å². The molecule has 4 rings (SSSR count). The summed E-state index contributed by atoms with van der Waals surface area (Å²) in [7, 11) is 3.16. The number of hydrogen-bond acceptors (Lipinski definition) is 5. The van der Waals surface area contributed by atoms with E-state index in [0.717, 1.165) is 5.56 Å². The molecule has 0 bridgehead atoms. The van der Waals surface area contributed by atoms with Crippen LogP contribution >= 0.6 is 0 Å². The van der Waals surface area contributed by atoms with Crippen LogP contribution in [0.3, 0.4) is 0 Å². The topological polar surface area (TPSA) is 110 Å². The lowest BCUT2D eigenvalue weighted by atomic mass is 9.98. The molecule has 1 amide bonds. The highest BCUT2D eigenvalue weighted by Gasteiger charge is 2.29. The summed E-state index contributed by atoms with van der Waals surface area (Å²) in [5.74, 6) is -0.0616. The normalized spacial score (nSPS) is 12.9. The van der Waals surface area contributed by atoms with E-state index in [1.165, 1.54) is 34.2 Å². The number of ketones is 1. The number of Topliss-reactive ketones (excluding diaryl/α,β-unsaturated/α-hetero) is 1. The van der Waals surface area contributed by atoms with Gasteiger partial charge in [-0.1, -0.05) is 72.8 Å². The molecule has 178 valence electrons. The van der Waals surface area contributed by atoms with Crippen LogP contribution in [0.5, 0.6) is 0 Å². The first-order chi connectivity index (χ1) is 17.0. The van der Waals surface area contributed by atoms with Gasteiger partial charge in [-0.3, -0.25) is 4.79 Å². The molecule has 35 heavy (non-hydrogen) atoms. The number of carbonyl (C=O) groups excluding carboxylic acids is 2. The molecule has 3 aromatic carbocycles. The van der Waals surface area contributed by atoms with Crippen molar-refractivity contribution >= 4 is 17.7 Å². The van der Waals surface area contributed by atoms with Crippen molar-refractivity contribution in [1.29, 1.82) is 0 Å². The van der Waals surface area contributed by atoms with Gasteiger partial charge in [-0.2, -0.15) is 5.11 Å². The minimum atomic E-state index is -0.402. The molecule has 0 saturated heterocycles. The van der Waals surface area contributed by atoms with Crippen molar-refractivity contribution in [3.8, 4) is 11.1 Å². The van der Waals surface area contributed by atoms with Crippen LogP contribution < -0.4 is 5.73 Å². The predicted octanol–water partition coefficient (Wildman–Crippen LogP) is 4.99. The van der Waals surface area contributed by atoms with E-state index < -0.39 is 6.09 Å². The minimum Gasteiger partial charge on any atom is -0.448 e. The van der Waals surface area contributed by atoms with Crippen molar-refractivity contribution in [3.05, 3.63) is 95.1 Å². The maximum absolute atomic E-state index is 12.7. The lowest BCUT2D eigenvalue weighted by molar-refractivity contribution is 0.0998. The molecule has 0 saturated carbocycles. The van der Waals surface area contributed by atoms with E-state index in [1.54, 1.807) is 31.3 Å². The fourth-order valence-corrected chi connectivity index (χ4v) is 4.24. The number of benzene rings is 3. The van der Waals surface area contributed by atoms with Gasteiger partial charge in [-0.15, -0.1) is 5.10 Å². The number of rotatable bonds is 8. The lowest BCUT2D eigenvalue weighted by Gasteiger charge is -2.20. The van der Waals surface area contributed by atoms with Gasteiger partial charge in [0, 0.05) is 25.1 Å². The summed E-state index contributed by atoms with van der Waals surface area (Å²) < 4.78 is 5.70. The molecule has 0 fully saturated rings. The molecule has 1 aliphatic rings. The van der Waals surface area contributed by atoms with Crippen molar-refractivity contribution in [3.63, 3.8) is 0 Å². The van der Waals surface area contributed by atoms with E-state index in [2.05, 4.69) is 39.7 Å². The molecule has 0 unspecified atom stereocenters. The van der Waals surface area contributed by atoms with Gasteiger partial charge in [0.15, 0.2) is 5.78 Å². The first kappa shape index (κ1) is 23.8. The Labute approximate surface area is 204 Å². The van der Waals surface area contributed by atoms with Crippen LogP contribution in [-0.2, 0) is 11.3 Å². The van der Waals surface area contributed by atoms with Crippen molar-refractivity contribution in [1.82, 2.24) is 4.90 Å². The third kappa shape index (κ3) is 5.43. The van der Waals surface area contributed by atoms with E-state index in [9.17, 15) is 9.59 Å². The van der Waals surface area contributed by atoms with Crippen LogP contribution in [-0.4, -0.2) is 43.3 Å². The number of amides is 1. The molecular formula is C27H27N5O3. The highest BCUT2D eigenvalue weighted by Crippen LogP contribution is 2.44. The molecule has 0 heterocycles. The fraction of sp³-hybridized carbons (Fsp3) is 0.222. The Morgan fingerprint density at radius 3 is 2.14 bits per heavy atom. The van der Waals surface area contributed by atoms with Crippen molar-refractivity contribution in [2.75, 3.05) is 20.7 Å². The third-order valence-electron chi connectivity index (χ3n) is 5.95. The van der Waals surface area contributed by atoms with Crippen molar-refractivity contribution in [2.45, 2.75) is 18.9 Å². The van der Waals surface area contributed by atoms with Crippen LogP contribution in [0.15, 0.2) is 88.2 Å². The Bertz CT molecular complexity index is 1240. The SMILES string of the molecule is CN=NN=C(N)CC(=O)c1ccc(CN(C)C(=O)OCC2c3ccccc3-c3ccccc32)cc1. The molecule has 0 aromatic heterocycles. The van der Waals surface area contributed by atoms with Gasteiger partial charge in [-0.25, -0.2) is 4.79 Å². The second-order valence-electron chi connectivity index (χ2n) is 8.34. The van der Waals surface area contributed by atoms with Crippen LogP contribution in [0.2, 0.25) is 0 Å². The van der Waals surface area contributed by atoms with Gasteiger partial charge in [0.2, 0.25) is 0 Å². The van der Waals surface area contributed by atoms with Crippen LogP contribution in [0.1, 0.15) is 39.4 Å². The number of nitrogens with two attached hydrogens (primary N) is 1. The van der Waals surface area contributed by atoms with Gasteiger partial charge in [0.05, 0.1) is 13.5 Å². The van der Waals surface area contributed by atoms with Crippen molar-refractivity contribution in [2.24, 2.45) is 21.2 Å². The second kappa shape index (κ2) is 10.7. The standard InChI is InChI=1S/C27H27N5O3/c1-29-31-30-26(28)15-25(33)19-13-11-18(12-14-19)16-32(2)27(34)35-17-24-22-9-5-3-7-20(22)21-8-4-6-10-23(21)24/h3-14,24H,15-17H2,1-2H3,(H2,28,29,30). The highest BCUT2D eigenvalue weighted by molar-refractivity contribution is 6.08. The molecule has 0 spiro atoms. The number of fused-ring (bicyclic) bond motifs is 3. The Morgan fingerprint density at radius 2 is 1.54 bits per heavy atom. The van der Waals surface area contributed by atoms with Crippen LogP contribution in [0.25, 0.3) is 11.1 Å². The number of amidine groups is 1. The average Bonchev–Trinajstić information content (AvgIpc) is 3.20. The number of ether oxygens (including phenoxy) is 1. The van der Waals surface area contributed by atoms with E-state index in [1.807, 2.05) is 24.3 Å². The van der Waals surface area contributed by atoms with Gasteiger partial charge in [0.25, 0.3) is 0 Å². The summed E-state index contributed by atoms with van der Waals surface area (Å²) in [6.07, 6.45) is -0.445. The third-order valence-corrected chi connectivity index (χ3v) is 5.95. The summed E-state index contributed by atoms with van der Waals surface area (Å²) >= 11 is 0. The maximum Gasteiger partial charge on any atom is 0.409 e. The molecule has 0 atom stereocenters. The highest BCUT2D eigenvalue weighted by atomic mass is 16.6. The molecule has 2 N–H and O–H groups in total. The Balaban J connectivity index is 1.34. The van der Waals surface area contributed by atoms with Crippen molar-refractivity contribution < 1.29 is 14.3 Å². The van der Waals surface area contributed by atoms with Crippen LogP contribution in [0.4, 0.5) is 4.79 Å².